The van der Waals surface area contributed by atoms with Crippen molar-refractivity contribution in [1.29, 1.82) is 0 Å². The molecule has 28 heavy (non-hydrogen) atoms. The van der Waals surface area contributed by atoms with Gasteiger partial charge in [-0.2, -0.15) is 0 Å². The first-order chi connectivity index (χ1) is 13.5. The van der Waals surface area contributed by atoms with Crippen molar-refractivity contribution in [3.63, 3.8) is 0 Å². The van der Waals surface area contributed by atoms with Crippen molar-refractivity contribution >= 4 is 50.2 Å². The van der Waals surface area contributed by atoms with Crippen LogP contribution in [0.1, 0.15) is 18.7 Å². The van der Waals surface area contributed by atoms with E-state index in [-0.39, 0.29) is 11.6 Å². The summed E-state index contributed by atoms with van der Waals surface area (Å²) in [7, 11) is 0. The standard InChI is InChI=1S/C18H14BrN5O3S/c1-2-28-18-21-17(25)15-13-9-11(19)6-7-14(13)20-16(23(15)22-18)10-4-3-5-12(8-10)24(26)27/h3-9,16H,2H2,1H3,(H,21,22,25)/t16-/m0/s1. The van der Waals surface area contributed by atoms with E-state index in [1.54, 1.807) is 23.2 Å². The predicted octanol–water partition coefficient (Wildman–Crippen LogP) is 2.25. The summed E-state index contributed by atoms with van der Waals surface area (Å²) < 4.78 is 0.813. The predicted molar refractivity (Wildman–Crippen MR) is 110 cm³/mol. The van der Waals surface area contributed by atoms with Crippen LogP contribution in [0.4, 0.5) is 5.69 Å². The molecule has 2 aliphatic rings. The van der Waals surface area contributed by atoms with Crippen LogP contribution < -0.4 is 15.9 Å². The lowest BCUT2D eigenvalue weighted by Crippen LogP contribution is -2.50. The second kappa shape index (κ2) is 7.36. The number of nitro benzene ring substituents is 1. The fraction of sp³-hybridized carbons (Fsp3) is 0.167. The summed E-state index contributed by atoms with van der Waals surface area (Å²) in [6, 6.07) is 11.7. The van der Waals surface area contributed by atoms with Crippen LogP contribution in [0.25, 0.3) is 5.70 Å². The van der Waals surface area contributed by atoms with Gasteiger partial charge in [-0.05, 0) is 24.0 Å². The van der Waals surface area contributed by atoms with Crippen LogP contribution in [0.2, 0.25) is 0 Å². The molecule has 4 rings (SSSR count). The molecule has 2 heterocycles. The molecule has 1 atom stereocenters. The quantitative estimate of drug-likeness (QED) is 0.560. The molecule has 0 aliphatic carbocycles. The lowest BCUT2D eigenvalue weighted by atomic mass is 10.1. The van der Waals surface area contributed by atoms with Gasteiger partial charge in [0.1, 0.15) is 5.70 Å². The van der Waals surface area contributed by atoms with E-state index in [4.69, 9.17) is 4.99 Å². The van der Waals surface area contributed by atoms with E-state index in [9.17, 15) is 14.9 Å². The molecule has 8 nitrogen and oxygen atoms in total. The number of carbonyl (C=O) groups excluding carboxylic acids is 1. The van der Waals surface area contributed by atoms with E-state index in [1.165, 1.54) is 23.9 Å². The molecular formula is C18H14BrN5O3S. The summed E-state index contributed by atoms with van der Waals surface area (Å²) in [6.45, 7) is 1.96. The average Bonchev–Trinajstić information content (AvgIpc) is 2.67. The van der Waals surface area contributed by atoms with E-state index in [0.29, 0.717) is 27.0 Å². The number of thioether (sulfide) groups is 1. The van der Waals surface area contributed by atoms with Gasteiger partial charge in [0.2, 0.25) is 0 Å². The summed E-state index contributed by atoms with van der Waals surface area (Å²) in [5, 5.41) is 21.9. The van der Waals surface area contributed by atoms with Crippen molar-refractivity contribution in [3.8, 4) is 0 Å². The Labute approximate surface area is 172 Å². The number of carbonyl (C=O) groups is 1. The Bertz CT molecular complexity index is 1150. The van der Waals surface area contributed by atoms with Gasteiger partial charge in [-0.25, -0.2) is 5.01 Å². The Balaban J connectivity index is 1.96. The largest absolute Gasteiger partial charge is 0.298 e. The minimum absolute atomic E-state index is 0.0375. The van der Waals surface area contributed by atoms with Crippen molar-refractivity contribution < 1.29 is 9.72 Å². The van der Waals surface area contributed by atoms with Crippen molar-refractivity contribution in [2.24, 2.45) is 10.1 Å². The van der Waals surface area contributed by atoms with Crippen molar-refractivity contribution in [1.82, 2.24) is 10.3 Å². The lowest BCUT2D eigenvalue weighted by Gasteiger charge is -2.34. The van der Waals surface area contributed by atoms with Gasteiger partial charge < -0.3 is 0 Å². The van der Waals surface area contributed by atoms with Crippen molar-refractivity contribution in [3.05, 3.63) is 73.2 Å². The topological polar surface area (TPSA) is 100 Å². The Morgan fingerprint density at radius 3 is 2.89 bits per heavy atom. The number of halogens is 1. The maximum atomic E-state index is 12.9. The third-order valence-corrected chi connectivity index (χ3v) is 5.47. The van der Waals surface area contributed by atoms with Crippen LogP contribution in [0, 0.1) is 10.1 Å². The van der Waals surface area contributed by atoms with Gasteiger partial charge in [-0.15, -0.1) is 5.10 Å². The molecule has 1 N–H and O–H groups in total. The molecule has 0 unspecified atom stereocenters. The minimum Gasteiger partial charge on any atom is -0.298 e. The smallest absolute Gasteiger partial charge is 0.276 e. The molecule has 1 amide bonds. The molecule has 0 spiro atoms. The number of amidine groups is 1. The van der Waals surface area contributed by atoms with Crippen molar-refractivity contribution in [2.45, 2.75) is 13.1 Å². The molecule has 0 bridgehead atoms. The van der Waals surface area contributed by atoms with E-state index in [2.05, 4.69) is 26.3 Å². The number of amides is 1. The van der Waals surface area contributed by atoms with E-state index < -0.39 is 11.1 Å². The third-order valence-electron chi connectivity index (χ3n) is 4.23. The number of hydrogen-bond donors (Lipinski definition) is 1. The van der Waals surface area contributed by atoms with Crippen LogP contribution in [0.3, 0.4) is 0 Å². The highest BCUT2D eigenvalue weighted by atomic mass is 79.9. The summed E-state index contributed by atoms with van der Waals surface area (Å²) in [6.07, 6.45) is -0.679. The summed E-state index contributed by atoms with van der Waals surface area (Å²) in [5.41, 5.74) is 0.910. The van der Waals surface area contributed by atoms with E-state index >= 15 is 0 Å². The number of hydrogen-bond acceptors (Lipinski definition) is 7. The summed E-state index contributed by atoms with van der Waals surface area (Å²) in [4.78, 5) is 28.4. The van der Waals surface area contributed by atoms with Crippen LogP contribution in [-0.4, -0.2) is 26.8 Å². The molecule has 10 heteroatoms. The molecular weight excluding hydrogens is 446 g/mol. The average molecular weight is 460 g/mol. The number of fused-ring (bicyclic) bond motifs is 2. The first kappa shape index (κ1) is 18.6. The van der Waals surface area contributed by atoms with Crippen LogP contribution in [-0.2, 0) is 4.79 Å². The van der Waals surface area contributed by atoms with Gasteiger partial charge in [0.15, 0.2) is 11.3 Å². The fourth-order valence-corrected chi connectivity index (χ4v) is 4.01. The van der Waals surface area contributed by atoms with E-state index in [0.717, 1.165) is 10.2 Å². The van der Waals surface area contributed by atoms with Gasteiger partial charge >= 0.3 is 0 Å². The zero-order valence-electron chi connectivity index (χ0n) is 14.6. The van der Waals surface area contributed by atoms with E-state index in [1.807, 2.05) is 19.1 Å². The SMILES string of the molecule is CCSC1=NN2C(=c3cc(Br)ccc3=N[C@@H]2c2cccc([N+](=O)[O-])c2)C(=O)N1. The first-order valence-corrected chi connectivity index (χ1v) is 10.2. The third kappa shape index (κ3) is 3.29. The number of nitrogens with one attached hydrogen (secondary N) is 1. The van der Waals surface area contributed by atoms with Crippen LogP contribution >= 0.6 is 27.7 Å². The normalized spacial score (nSPS) is 17.9. The number of benzene rings is 2. The number of rotatable bonds is 3. The number of nitro groups is 1. The Hall–Kier alpha value is -2.72. The molecule has 2 aromatic carbocycles. The number of nitrogens with zero attached hydrogens (tertiary/aromatic N) is 4. The van der Waals surface area contributed by atoms with Gasteiger partial charge in [-0.1, -0.05) is 46.7 Å². The van der Waals surface area contributed by atoms with Gasteiger partial charge in [0, 0.05) is 27.4 Å². The second-order valence-electron chi connectivity index (χ2n) is 6.00. The van der Waals surface area contributed by atoms with Crippen molar-refractivity contribution in [2.75, 3.05) is 5.75 Å². The number of hydrazone groups is 1. The second-order valence-corrected chi connectivity index (χ2v) is 8.17. The van der Waals surface area contributed by atoms with Gasteiger partial charge in [0.25, 0.3) is 11.6 Å². The Morgan fingerprint density at radius 2 is 2.14 bits per heavy atom. The summed E-state index contributed by atoms with van der Waals surface area (Å²) >= 11 is 4.83. The molecule has 142 valence electrons. The Kier molecular flexibility index (Phi) is 4.90. The zero-order chi connectivity index (χ0) is 19.8. The molecule has 0 radical (unpaired) electrons. The highest BCUT2D eigenvalue weighted by molar-refractivity contribution is 9.10. The minimum atomic E-state index is -0.679. The number of non-ortho nitro benzene ring substituents is 1. The van der Waals surface area contributed by atoms with Crippen LogP contribution in [0.5, 0.6) is 0 Å². The highest BCUT2D eigenvalue weighted by Crippen LogP contribution is 2.32. The molecule has 0 saturated heterocycles. The molecule has 2 aliphatic heterocycles. The molecule has 2 aromatic rings. The molecule has 0 saturated carbocycles. The van der Waals surface area contributed by atoms with Gasteiger partial charge in [0.05, 0.1) is 10.3 Å². The Morgan fingerprint density at radius 1 is 1.32 bits per heavy atom. The maximum absolute atomic E-state index is 12.9. The molecule has 0 fully saturated rings. The lowest BCUT2D eigenvalue weighted by molar-refractivity contribution is -0.384. The molecule has 0 aromatic heterocycles. The highest BCUT2D eigenvalue weighted by Gasteiger charge is 2.34. The maximum Gasteiger partial charge on any atom is 0.276 e. The van der Waals surface area contributed by atoms with Gasteiger partial charge in [-0.3, -0.25) is 25.2 Å². The van der Waals surface area contributed by atoms with Crippen LogP contribution in [0.15, 0.2) is 57.0 Å². The monoisotopic (exact) mass is 459 g/mol. The summed E-state index contributed by atoms with van der Waals surface area (Å²) in [5.74, 6) is 0.457. The zero-order valence-corrected chi connectivity index (χ0v) is 17.0. The fourth-order valence-electron chi connectivity index (χ4n) is 3.07. The first-order valence-electron chi connectivity index (χ1n) is 8.42.